The normalized spacial score (nSPS) is 10.2. The van der Waals surface area contributed by atoms with Crippen molar-refractivity contribution in [2.24, 2.45) is 0 Å². The number of rotatable bonds is 8. The molecule has 0 aliphatic carbocycles. The monoisotopic (exact) mass is 340 g/mol. The Balaban J connectivity index is 1.81. The third kappa shape index (κ3) is 5.64. The lowest BCUT2D eigenvalue weighted by Crippen LogP contribution is -2.25. The summed E-state index contributed by atoms with van der Waals surface area (Å²) in [5.74, 6) is -0.404. The topological polar surface area (TPSA) is 67.4 Å². The van der Waals surface area contributed by atoms with Gasteiger partial charge in [0.05, 0.1) is 12.2 Å². The second-order valence-electron chi connectivity index (χ2n) is 5.65. The van der Waals surface area contributed by atoms with E-state index < -0.39 is 0 Å². The van der Waals surface area contributed by atoms with Crippen molar-refractivity contribution in [2.75, 3.05) is 18.5 Å². The maximum Gasteiger partial charge on any atom is 0.340 e. The molecule has 5 nitrogen and oxygen atoms in total. The molecule has 0 aromatic heterocycles. The van der Waals surface area contributed by atoms with E-state index in [0.29, 0.717) is 37.4 Å². The third-order valence-electron chi connectivity index (χ3n) is 3.83. The Hall–Kier alpha value is -2.82. The van der Waals surface area contributed by atoms with Crippen molar-refractivity contribution in [3.8, 4) is 0 Å². The molecule has 2 aromatic rings. The van der Waals surface area contributed by atoms with Crippen LogP contribution in [0.1, 0.15) is 34.8 Å². The summed E-state index contributed by atoms with van der Waals surface area (Å²) in [5, 5.41) is 6.04. The molecule has 0 saturated heterocycles. The minimum absolute atomic E-state index is 0.0376. The van der Waals surface area contributed by atoms with Gasteiger partial charge in [-0.05, 0) is 37.1 Å². The molecular formula is C20H24N2O3. The lowest BCUT2D eigenvalue weighted by atomic mass is 10.1. The van der Waals surface area contributed by atoms with Crippen LogP contribution >= 0.6 is 0 Å². The van der Waals surface area contributed by atoms with Gasteiger partial charge < -0.3 is 15.4 Å². The number of carbonyl (C=O) groups is 2. The fraction of sp³-hybridized carbons (Fsp3) is 0.300. The van der Waals surface area contributed by atoms with E-state index in [-0.39, 0.29) is 11.9 Å². The first kappa shape index (κ1) is 18.5. The molecule has 5 heteroatoms. The van der Waals surface area contributed by atoms with Crippen LogP contribution in [0, 0.1) is 6.92 Å². The molecular weight excluding hydrogens is 316 g/mol. The first-order valence-corrected chi connectivity index (χ1v) is 8.43. The van der Waals surface area contributed by atoms with Crippen LogP contribution in [-0.2, 0) is 16.1 Å². The number of aryl methyl sites for hydroxylation is 1. The van der Waals surface area contributed by atoms with E-state index >= 15 is 0 Å². The summed E-state index contributed by atoms with van der Waals surface area (Å²) in [7, 11) is 0. The maximum atomic E-state index is 12.0. The Labute approximate surface area is 148 Å². The zero-order valence-corrected chi connectivity index (χ0v) is 14.7. The highest BCUT2D eigenvalue weighted by Gasteiger charge is 2.11. The van der Waals surface area contributed by atoms with Crippen molar-refractivity contribution in [1.82, 2.24) is 5.32 Å². The molecule has 1 amide bonds. The molecule has 0 atom stereocenters. The third-order valence-corrected chi connectivity index (χ3v) is 3.83. The summed E-state index contributed by atoms with van der Waals surface area (Å²) in [6, 6.07) is 15.1. The number of nitrogens with one attached hydrogen (secondary N) is 2. The Morgan fingerprint density at radius 2 is 1.76 bits per heavy atom. The number of amides is 1. The van der Waals surface area contributed by atoms with Crippen LogP contribution in [-0.4, -0.2) is 25.0 Å². The summed E-state index contributed by atoms with van der Waals surface area (Å²) in [4.78, 5) is 23.9. The van der Waals surface area contributed by atoms with Gasteiger partial charge in [-0.2, -0.15) is 0 Å². The zero-order chi connectivity index (χ0) is 18.1. The summed E-state index contributed by atoms with van der Waals surface area (Å²) >= 11 is 0. The number of esters is 1. The van der Waals surface area contributed by atoms with E-state index in [0.717, 1.165) is 11.1 Å². The van der Waals surface area contributed by atoms with E-state index in [9.17, 15) is 9.59 Å². The van der Waals surface area contributed by atoms with Gasteiger partial charge >= 0.3 is 5.97 Å². The van der Waals surface area contributed by atoms with Gasteiger partial charge in [0.2, 0.25) is 5.91 Å². The largest absolute Gasteiger partial charge is 0.462 e. The molecule has 0 aliphatic rings. The van der Waals surface area contributed by atoms with Gasteiger partial charge in [-0.1, -0.05) is 36.4 Å². The Kier molecular flexibility index (Phi) is 7.01. The lowest BCUT2D eigenvalue weighted by molar-refractivity contribution is -0.121. The SMILES string of the molecule is CCOC(=O)c1ccccc1NCCC(=O)NCc1ccccc1C. The maximum absolute atomic E-state index is 12.0. The molecule has 0 saturated carbocycles. The van der Waals surface area contributed by atoms with Crippen molar-refractivity contribution in [1.29, 1.82) is 0 Å². The average molecular weight is 340 g/mol. The second-order valence-corrected chi connectivity index (χ2v) is 5.65. The molecule has 0 heterocycles. The first-order valence-electron chi connectivity index (χ1n) is 8.43. The number of ether oxygens (including phenoxy) is 1. The minimum Gasteiger partial charge on any atom is -0.462 e. The smallest absolute Gasteiger partial charge is 0.340 e. The summed E-state index contributed by atoms with van der Waals surface area (Å²) in [6.45, 7) is 5.08. The first-order chi connectivity index (χ1) is 12.1. The van der Waals surface area contributed by atoms with E-state index in [4.69, 9.17) is 4.74 Å². The fourth-order valence-corrected chi connectivity index (χ4v) is 2.43. The van der Waals surface area contributed by atoms with Crippen molar-refractivity contribution in [2.45, 2.75) is 26.8 Å². The van der Waals surface area contributed by atoms with E-state index in [1.54, 1.807) is 25.1 Å². The quantitative estimate of drug-likeness (QED) is 0.724. The van der Waals surface area contributed by atoms with Gasteiger partial charge in [-0.25, -0.2) is 4.79 Å². The van der Waals surface area contributed by atoms with Crippen molar-refractivity contribution >= 4 is 17.6 Å². The molecule has 0 radical (unpaired) electrons. The zero-order valence-electron chi connectivity index (χ0n) is 14.7. The van der Waals surface area contributed by atoms with Crippen molar-refractivity contribution in [3.05, 3.63) is 65.2 Å². The highest BCUT2D eigenvalue weighted by molar-refractivity contribution is 5.95. The van der Waals surface area contributed by atoms with Crippen LogP contribution in [0.25, 0.3) is 0 Å². The summed E-state index contributed by atoms with van der Waals surface area (Å²) < 4.78 is 5.04. The predicted octanol–water partition coefficient (Wildman–Crippen LogP) is 3.29. The molecule has 2 aromatic carbocycles. The molecule has 0 unspecified atom stereocenters. The van der Waals surface area contributed by atoms with E-state index in [1.165, 1.54) is 0 Å². The van der Waals surface area contributed by atoms with Gasteiger partial charge in [-0.15, -0.1) is 0 Å². The molecule has 0 bridgehead atoms. The standard InChI is InChI=1S/C20H24N2O3/c1-3-25-20(24)17-10-6-7-11-18(17)21-13-12-19(23)22-14-16-9-5-4-8-15(16)2/h4-11,21H,3,12-14H2,1-2H3,(H,22,23). The lowest BCUT2D eigenvalue weighted by Gasteiger charge is -2.12. The van der Waals surface area contributed by atoms with Gasteiger partial charge in [-0.3, -0.25) is 4.79 Å². The minimum atomic E-state index is -0.366. The number of para-hydroxylation sites is 1. The predicted molar refractivity (Wildman–Crippen MR) is 98.5 cm³/mol. The molecule has 132 valence electrons. The van der Waals surface area contributed by atoms with Crippen LogP contribution < -0.4 is 10.6 Å². The van der Waals surface area contributed by atoms with Gasteiger partial charge in [0.25, 0.3) is 0 Å². The van der Waals surface area contributed by atoms with Crippen LogP contribution in [0.3, 0.4) is 0 Å². The van der Waals surface area contributed by atoms with Gasteiger partial charge in [0.1, 0.15) is 0 Å². The number of benzene rings is 2. The molecule has 25 heavy (non-hydrogen) atoms. The van der Waals surface area contributed by atoms with E-state index in [2.05, 4.69) is 10.6 Å². The summed E-state index contributed by atoms with van der Waals surface area (Å²) in [5.41, 5.74) is 3.41. The molecule has 0 aliphatic heterocycles. The average Bonchev–Trinajstić information content (AvgIpc) is 2.61. The Morgan fingerprint density at radius 1 is 1.04 bits per heavy atom. The second kappa shape index (κ2) is 9.47. The molecule has 2 N–H and O–H groups in total. The van der Waals surface area contributed by atoms with Crippen LogP contribution in [0.4, 0.5) is 5.69 Å². The number of carbonyl (C=O) groups excluding carboxylic acids is 2. The van der Waals surface area contributed by atoms with Crippen LogP contribution in [0.2, 0.25) is 0 Å². The van der Waals surface area contributed by atoms with Gasteiger partial charge in [0.15, 0.2) is 0 Å². The number of anilines is 1. The van der Waals surface area contributed by atoms with Crippen LogP contribution in [0.15, 0.2) is 48.5 Å². The summed E-state index contributed by atoms with van der Waals surface area (Å²) in [6.07, 6.45) is 0.322. The van der Waals surface area contributed by atoms with Crippen molar-refractivity contribution in [3.63, 3.8) is 0 Å². The fourth-order valence-electron chi connectivity index (χ4n) is 2.43. The van der Waals surface area contributed by atoms with Crippen LogP contribution in [0.5, 0.6) is 0 Å². The van der Waals surface area contributed by atoms with Crippen molar-refractivity contribution < 1.29 is 14.3 Å². The number of hydrogen-bond donors (Lipinski definition) is 2. The van der Waals surface area contributed by atoms with Gasteiger partial charge in [0, 0.05) is 25.2 Å². The number of hydrogen-bond acceptors (Lipinski definition) is 4. The highest BCUT2D eigenvalue weighted by atomic mass is 16.5. The Morgan fingerprint density at radius 3 is 2.52 bits per heavy atom. The molecule has 0 spiro atoms. The molecule has 2 rings (SSSR count). The molecule has 0 fully saturated rings. The Bertz CT molecular complexity index is 728. The van der Waals surface area contributed by atoms with E-state index in [1.807, 2.05) is 37.3 Å². The highest BCUT2D eigenvalue weighted by Crippen LogP contribution is 2.16.